The fourth-order valence-electron chi connectivity index (χ4n) is 4.92. The monoisotopic (exact) mass is 574 g/mol. The molecule has 0 saturated heterocycles. The van der Waals surface area contributed by atoms with Gasteiger partial charge in [-0.15, -0.1) is 0 Å². The van der Waals surface area contributed by atoms with E-state index in [4.69, 9.17) is 9.47 Å². The number of fused-ring (bicyclic) bond motifs is 1. The molecule has 0 aliphatic carbocycles. The number of urea groups is 1. The molecule has 0 bridgehead atoms. The van der Waals surface area contributed by atoms with Crippen molar-refractivity contribution < 1.29 is 24.2 Å². The van der Waals surface area contributed by atoms with Crippen LogP contribution in [0.3, 0.4) is 0 Å². The van der Waals surface area contributed by atoms with E-state index in [0.29, 0.717) is 36.6 Å². The van der Waals surface area contributed by atoms with Crippen molar-refractivity contribution in [1.82, 2.24) is 15.1 Å². The number of anilines is 1. The van der Waals surface area contributed by atoms with E-state index < -0.39 is 0 Å². The van der Waals surface area contributed by atoms with Crippen molar-refractivity contribution in [3.8, 4) is 17.2 Å². The minimum absolute atomic E-state index is 0.00480. The molecule has 3 aromatic rings. The number of rotatable bonds is 10. The Morgan fingerprint density at radius 2 is 1.76 bits per heavy atom. The predicted molar refractivity (Wildman–Crippen MR) is 164 cm³/mol. The number of para-hydroxylation sites is 1. The van der Waals surface area contributed by atoms with Gasteiger partial charge in [-0.1, -0.05) is 37.3 Å². The SMILES string of the molecule is CC(C)NC(=O)Nc1ccc2c(c1)C(=O)N([C@H](C)CO)C[C@@H](C)[C@H](CN(C)Cc1ccc(Oc3ccccc3)cc1)O2. The Hall–Kier alpha value is -4.08. The number of benzene rings is 3. The Bertz CT molecular complexity index is 1330. The second-order valence-electron chi connectivity index (χ2n) is 11.3. The number of carbonyl (C=O) groups is 2. The first kappa shape index (κ1) is 30.9. The van der Waals surface area contributed by atoms with Crippen LogP contribution in [0.15, 0.2) is 72.8 Å². The summed E-state index contributed by atoms with van der Waals surface area (Å²) in [5.74, 6) is 1.78. The summed E-state index contributed by atoms with van der Waals surface area (Å²) >= 11 is 0. The average molecular weight is 575 g/mol. The standard InChI is InChI=1S/C33H42N4O5/c1-22(2)34-33(40)35-26-13-16-30-29(17-26)32(39)37(24(4)21-38)18-23(3)31(42-30)20-36(5)19-25-11-14-28(15-12-25)41-27-9-7-6-8-10-27/h6-17,22-24,31,38H,18-21H2,1-5H3,(H2,34,35,40)/t23-,24-,31+/m1/s1. The van der Waals surface area contributed by atoms with Gasteiger partial charge in [-0.25, -0.2) is 4.79 Å². The van der Waals surface area contributed by atoms with Crippen LogP contribution in [0.2, 0.25) is 0 Å². The van der Waals surface area contributed by atoms with Crippen molar-refractivity contribution in [2.45, 2.75) is 52.4 Å². The van der Waals surface area contributed by atoms with Gasteiger partial charge in [-0.05, 0) is 75.8 Å². The Morgan fingerprint density at radius 1 is 1.07 bits per heavy atom. The molecular weight excluding hydrogens is 532 g/mol. The molecule has 0 fully saturated rings. The molecule has 4 rings (SSSR count). The number of aliphatic hydroxyl groups is 1. The summed E-state index contributed by atoms with van der Waals surface area (Å²) in [7, 11) is 2.05. The van der Waals surface area contributed by atoms with Crippen molar-refractivity contribution in [2.75, 3.05) is 32.1 Å². The van der Waals surface area contributed by atoms with Gasteiger partial charge in [-0.3, -0.25) is 9.69 Å². The van der Waals surface area contributed by atoms with Crippen molar-refractivity contribution in [2.24, 2.45) is 5.92 Å². The molecule has 3 atom stereocenters. The molecule has 9 nitrogen and oxygen atoms in total. The van der Waals surface area contributed by atoms with Gasteiger partial charge < -0.3 is 30.1 Å². The van der Waals surface area contributed by atoms with Gasteiger partial charge in [0.25, 0.3) is 5.91 Å². The molecule has 1 aliphatic heterocycles. The highest BCUT2D eigenvalue weighted by Crippen LogP contribution is 2.31. The van der Waals surface area contributed by atoms with E-state index in [1.807, 2.05) is 70.3 Å². The molecule has 9 heteroatoms. The van der Waals surface area contributed by atoms with Crippen LogP contribution in [0.4, 0.5) is 10.5 Å². The first-order valence-electron chi connectivity index (χ1n) is 14.4. The topological polar surface area (TPSA) is 103 Å². The normalized spacial score (nSPS) is 17.6. The summed E-state index contributed by atoms with van der Waals surface area (Å²) in [6.07, 6.45) is -0.223. The number of amides is 3. The lowest BCUT2D eigenvalue weighted by molar-refractivity contribution is 0.0341. The third kappa shape index (κ3) is 8.24. The minimum atomic E-state index is -0.373. The average Bonchev–Trinajstić information content (AvgIpc) is 2.96. The van der Waals surface area contributed by atoms with Crippen molar-refractivity contribution in [1.29, 1.82) is 0 Å². The number of nitrogens with zero attached hydrogens (tertiary/aromatic N) is 2. The largest absolute Gasteiger partial charge is 0.488 e. The van der Waals surface area contributed by atoms with E-state index in [2.05, 4.69) is 34.6 Å². The number of ether oxygens (including phenoxy) is 2. The lowest BCUT2D eigenvalue weighted by Crippen LogP contribution is -2.49. The van der Waals surface area contributed by atoms with Gasteiger partial charge in [0.1, 0.15) is 23.4 Å². The third-order valence-corrected chi connectivity index (χ3v) is 7.19. The van der Waals surface area contributed by atoms with Gasteiger partial charge >= 0.3 is 6.03 Å². The van der Waals surface area contributed by atoms with E-state index >= 15 is 0 Å². The smallest absolute Gasteiger partial charge is 0.319 e. The van der Waals surface area contributed by atoms with Crippen LogP contribution in [-0.4, -0.2) is 71.8 Å². The lowest BCUT2D eigenvalue weighted by Gasteiger charge is -2.38. The molecule has 1 heterocycles. The number of hydrogen-bond donors (Lipinski definition) is 3. The van der Waals surface area contributed by atoms with Gasteiger partial charge in [0, 0.05) is 37.3 Å². The number of nitrogens with one attached hydrogen (secondary N) is 2. The predicted octanol–water partition coefficient (Wildman–Crippen LogP) is 5.36. The Morgan fingerprint density at radius 3 is 2.43 bits per heavy atom. The Labute approximate surface area is 248 Å². The maximum absolute atomic E-state index is 13.6. The van der Waals surface area contributed by atoms with E-state index in [1.54, 1.807) is 23.1 Å². The van der Waals surface area contributed by atoms with E-state index in [9.17, 15) is 14.7 Å². The zero-order valence-electron chi connectivity index (χ0n) is 25.0. The molecule has 0 radical (unpaired) electrons. The van der Waals surface area contributed by atoms with E-state index in [0.717, 1.165) is 17.1 Å². The highest BCUT2D eigenvalue weighted by atomic mass is 16.5. The minimum Gasteiger partial charge on any atom is -0.488 e. The number of hydrogen-bond acceptors (Lipinski definition) is 6. The number of aliphatic hydroxyl groups excluding tert-OH is 1. The van der Waals surface area contributed by atoms with Crippen LogP contribution in [0, 0.1) is 5.92 Å². The van der Waals surface area contributed by atoms with Crippen LogP contribution in [0.1, 0.15) is 43.6 Å². The van der Waals surface area contributed by atoms with Crippen LogP contribution >= 0.6 is 0 Å². The lowest BCUT2D eigenvalue weighted by atomic mass is 9.99. The summed E-state index contributed by atoms with van der Waals surface area (Å²) in [5.41, 5.74) is 1.98. The molecule has 0 aromatic heterocycles. The first-order chi connectivity index (χ1) is 20.1. The van der Waals surface area contributed by atoms with Crippen molar-refractivity contribution >= 4 is 17.6 Å². The zero-order chi connectivity index (χ0) is 30.2. The maximum Gasteiger partial charge on any atom is 0.319 e. The second kappa shape index (κ2) is 14.2. The molecule has 0 unspecified atom stereocenters. The molecule has 0 spiro atoms. The fourth-order valence-corrected chi connectivity index (χ4v) is 4.92. The van der Waals surface area contributed by atoms with E-state index in [-0.39, 0.29) is 42.7 Å². The summed E-state index contributed by atoms with van der Waals surface area (Å²) in [6.45, 7) is 9.24. The summed E-state index contributed by atoms with van der Waals surface area (Å²) < 4.78 is 12.4. The van der Waals surface area contributed by atoms with Gasteiger partial charge in [0.15, 0.2) is 0 Å². The molecular formula is C33H42N4O5. The van der Waals surface area contributed by atoms with E-state index in [1.165, 1.54) is 0 Å². The molecule has 3 amide bonds. The van der Waals surface area contributed by atoms with Gasteiger partial charge in [-0.2, -0.15) is 0 Å². The van der Waals surface area contributed by atoms with Crippen LogP contribution < -0.4 is 20.1 Å². The van der Waals surface area contributed by atoms with Crippen molar-refractivity contribution in [3.05, 3.63) is 83.9 Å². The first-order valence-corrected chi connectivity index (χ1v) is 14.4. The zero-order valence-corrected chi connectivity index (χ0v) is 25.0. The second-order valence-corrected chi connectivity index (χ2v) is 11.3. The highest BCUT2D eigenvalue weighted by molar-refractivity contribution is 5.99. The third-order valence-electron chi connectivity index (χ3n) is 7.19. The van der Waals surface area contributed by atoms with Crippen LogP contribution in [-0.2, 0) is 6.54 Å². The summed E-state index contributed by atoms with van der Waals surface area (Å²) in [6, 6.07) is 22.1. The van der Waals surface area contributed by atoms with Crippen molar-refractivity contribution in [3.63, 3.8) is 0 Å². The Kier molecular flexibility index (Phi) is 10.4. The highest BCUT2D eigenvalue weighted by Gasteiger charge is 2.33. The molecule has 3 aromatic carbocycles. The molecule has 3 N–H and O–H groups in total. The maximum atomic E-state index is 13.6. The Balaban J connectivity index is 1.49. The molecule has 42 heavy (non-hydrogen) atoms. The molecule has 0 saturated carbocycles. The van der Waals surface area contributed by atoms with Crippen LogP contribution in [0.5, 0.6) is 17.2 Å². The number of carbonyl (C=O) groups excluding carboxylic acids is 2. The van der Waals surface area contributed by atoms with Gasteiger partial charge in [0.2, 0.25) is 0 Å². The molecule has 1 aliphatic rings. The quantitative estimate of drug-likeness (QED) is 0.301. The van der Waals surface area contributed by atoms with Crippen LogP contribution in [0.25, 0.3) is 0 Å². The number of likely N-dealkylation sites (N-methyl/N-ethyl adjacent to an activating group) is 1. The van der Waals surface area contributed by atoms with Gasteiger partial charge in [0.05, 0.1) is 18.2 Å². The fraction of sp³-hybridized carbons (Fsp3) is 0.394. The summed E-state index contributed by atoms with van der Waals surface area (Å²) in [4.78, 5) is 29.8. The summed E-state index contributed by atoms with van der Waals surface area (Å²) in [5, 5.41) is 15.5. The molecule has 224 valence electrons.